The van der Waals surface area contributed by atoms with Crippen LogP contribution < -0.4 is 5.32 Å². The first-order valence-corrected chi connectivity index (χ1v) is 9.43. The number of nitrogens with zero attached hydrogens (tertiary/aromatic N) is 4. The maximum Gasteiger partial charge on any atom is 0.318 e. The second kappa shape index (κ2) is 6.84. The van der Waals surface area contributed by atoms with Gasteiger partial charge >= 0.3 is 6.03 Å². The highest BCUT2D eigenvalue weighted by Crippen LogP contribution is 2.30. The minimum absolute atomic E-state index is 0.00985. The Bertz CT molecular complexity index is 696. The second-order valence-corrected chi connectivity index (χ2v) is 7.27. The third-order valence-corrected chi connectivity index (χ3v) is 5.58. The van der Waals surface area contributed by atoms with Crippen LogP contribution in [0.3, 0.4) is 0 Å². The quantitative estimate of drug-likeness (QED) is 0.931. The number of carbonyl (C=O) groups excluding carboxylic acids is 1. The highest BCUT2D eigenvalue weighted by molar-refractivity contribution is 7.99. The Labute approximate surface area is 145 Å². The number of fused-ring (bicyclic) bond motifs is 1. The SMILES string of the molecule is O=C(NCc1cn2c(n1)SCC2)N1CCCCC1c1cccnc1. The fraction of sp³-hybridized carbons (Fsp3) is 0.471. The van der Waals surface area contributed by atoms with Crippen molar-refractivity contribution < 1.29 is 4.79 Å². The predicted octanol–water partition coefficient (Wildman–Crippen LogP) is 2.82. The number of carbonyl (C=O) groups is 1. The van der Waals surface area contributed by atoms with Gasteiger partial charge in [0.15, 0.2) is 5.16 Å². The van der Waals surface area contributed by atoms with Crippen molar-refractivity contribution in [2.75, 3.05) is 12.3 Å². The van der Waals surface area contributed by atoms with Crippen molar-refractivity contribution in [1.82, 2.24) is 24.8 Å². The predicted molar refractivity (Wildman–Crippen MR) is 92.7 cm³/mol. The van der Waals surface area contributed by atoms with E-state index in [4.69, 9.17) is 0 Å². The summed E-state index contributed by atoms with van der Waals surface area (Å²) in [7, 11) is 0. The summed E-state index contributed by atoms with van der Waals surface area (Å²) in [5, 5.41) is 4.10. The highest BCUT2D eigenvalue weighted by Gasteiger charge is 2.28. The number of urea groups is 1. The smallest absolute Gasteiger partial charge is 0.318 e. The van der Waals surface area contributed by atoms with E-state index < -0.39 is 0 Å². The van der Waals surface area contributed by atoms with Crippen LogP contribution in [0.2, 0.25) is 0 Å². The van der Waals surface area contributed by atoms with Gasteiger partial charge in [0.05, 0.1) is 18.3 Å². The summed E-state index contributed by atoms with van der Waals surface area (Å²) < 4.78 is 2.16. The molecular formula is C17H21N5OS. The number of pyridine rings is 1. The molecule has 7 heteroatoms. The standard InChI is InChI=1S/C17H21N5OS/c23-16(19-11-14-12-21-8-9-24-17(21)20-14)22-7-2-1-5-15(22)13-4-3-6-18-10-13/h3-4,6,10,12,15H,1-2,5,7-9,11H2,(H,19,23). The molecule has 1 unspecified atom stereocenters. The van der Waals surface area contributed by atoms with Crippen molar-refractivity contribution in [2.45, 2.75) is 43.6 Å². The molecule has 1 atom stereocenters. The molecule has 0 radical (unpaired) electrons. The molecule has 2 aromatic rings. The van der Waals surface area contributed by atoms with Crippen LogP contribution in [0.4, 0.5) is 4.79 Å². The van der Waals surface area contributed by atoms with E-state index in [1.807, 2.05) is 23.4 Å². The molecule has 2 amide bonds. The van der Waals surface area contributed by atoms with Gasteiger partial charge in [-0.25, -0.2) is 9.78 Å². The van der Waals surface area contributed by atoms with Crippen LogP contribution in [-0.2, 0) is 13.1 Å². The van der Waals surface area contributed by atoms with E-state index >= 15 is 0 Å². The zero-order valence-electron chi connectivity index (χ0n) is 13.5. The van der Waals surface area contributed by atoms with Crippen molar-refractivity contribution in [3.8, 4) is 0 Å². The monoisotopic (exact) mass is 343 g/mol. The second-order valence-electron chi connectivity index (χ2n) is 6.21. The lowest BCUT2D eigenvalue weighted by atomic mass is 9.97. The number of aryl methyl sites for hydroxylation is 1. The summed E-state index contributed by atoms with van der Waals surface area (Å²) >= 11 is 1.77. The summed E-state index contributed by atoms with van der Waals surface area (Å²) in [5.74, 6) is 1.09. The van der Waals surface area contributed by atoms with E-state index in [0.29, 0.717) is 6.54 Å². The zero-order chi connectivity index (χ0) is 16.4. The molecular weight excluding hydrogens is 322 g/mol. The number of likely N-dealkylation sites (tertiary alicyclic amines) is 1. The molecule has 4 rings (SSSR count). The first-order valence-electron chi connectivity index (χ1n) is 8.44. The van der Waals surface area contributed by atoms with Gasteiger partial charge in [-0.15, -0.1) is 0 Å². The topological polar surface area (TPSA) is 63.1 Å². The van der Waals surface area contributed by atoms with Crippen molar-refractivity contribution in [1.29, 1.82) is 0 Å². The molecule has 4 heterocycles. The summed E-state index contributed by atoms with van der Waals surface area (Å²) in [4.78, 5) is 23.4. The lowest BCUT2D eigenvalue weighted by Gasteiger charge is -2.35. The molecule has 1 saturated heterocycles. The van der Waals surface area contributed by atoms with Crippen LogP contribution in [0, 0.1) is 0 Å². The number of hydrogen-bond acceptors (Lipinski definition) is 4. The van der Waals surface area contributed by atoms with Gasteiger partial charge in [0.25, 0.3) is 0 Å². The van der Waals surface area contributed by atoms with Gasteiger partial charge in [-0.05, 0) is 30.9 Å². The lowest BCUT2D eigenvalue weighted by Crippen LogP contribution is -2.44. The van der Waals surface area contributed by atoms with E-state index in [0.717, 1.165) is 54.5 Å². The normalized spacial score (nSPS) is 20.0. The van der Waals surface area contributed by atoms with E-state index in [-0.39, 0.29) is 12.1 Å². The van der Waals surface area contributed by atoms with E-state index in [1.165, 1.54) is 0 Å². The van der Waals surface area contributed by atoms with Crippen molar-refractivity contribution in [3.05, 3.63) is 42.0 Å². The average Bonchev–Trinajstić information content (AvgIpc) is 3.22. The largest absolute Gasteiger partial charge is 0.332 e. The van der Waals surface area contributed by atoms with Crippen molar-refractivity contribution in [2.24, 2.45) is 0 Å². The van der Waals surface area contributed by atoms with Gasteiger partial charge in [0.1, 0.15) is 0 Å². The Morgan fingerprint density at radius 1 is 1.38 bits per heavy atom. The molecule has 126 valence electrons. The van der Waals surface area contributed by atoms with E-state index in [9.17, 15) is 4.79 Å². The summed E-state index contributed by atoms with van der Waals surface area (Å²) in [6, 6.07) is 4.10. The maximum atomic E-state index is 12.7. The number of rotatable bonds is 3. The highest BCUT2D eigenvalue weighted by atomic mass is 32.2. The van der Waals surface area contributed by atoms with Crippen LogP contribution in [0.1, 0.15) is 36.6 Å². The number of piperidine rings is 1. The summed E-state index contributed by atoms with van der Waals surface area (Å²) in [6.07, 6.45) is 8.88. The maximum absolute atomic E-state index is 12.7. The molecule has 1 fully saturated rings. The summed E-state index contributed by atoms with van der Waals surface area (Å²) in [5.41, 5.74) is 2.05. The van der Waals surface area contributed by atoms with Crippen LogP contribution >= 0.6 is 11.8 Å². The van der Waals surface area contributed by atoms with Crippen LogP contribution in [0.25, 0.3) is 0 Å². The van der Waals surface area contributed by atoms with Gasteiger partial charge in [-0.2, -0.15) is 0 Å². The van der Waals surface area contributed by atoms with E-state index in [2.05, 4.69) is 25.9 Å². The van der Waals surface area contributed by atoms with Crippen LogP contribution in [-0.4, -0.2) is 37.8 Å². The molecule has 0 spiro atoms. The van der Waals surface area contributed by atoms with Gasteiger partial charge in [-0.3, -0.25) is 4.98 Å². The molecule has 1 N–H and O–H groups in total. The number of nitrogens with one attached hydrogen (secondary N) is 1. The zero-order valence-corrected chi connectivity index (χ0v) is 14.3. The fourth-order valence-corrected chi connectivity index (χ4v) is 4.37. The lowest BCUT2D eigenvalue weighted by molar-refractivity contribution is 0.151. The van der Waals surface area contributed by atoms with Crippen molar-refractivity contribution in [3.63, 3.8) is 0 Å². The molecule has 0 aromatic carbocycles. The van der Waals surface area contributed by atoms with Crippen LogP contribution in [0.15, 0.2) is 35.9 Å². The molecule has 2 aromatic heterocycles. The fourth-order valence-electron chi connectivity index (χ4n) is 3.41. The third-order valence-electron chi connectivity index (χ3n) is 4.61. The van der Waals surface area contributed by atoms with Gasteiger partial charge in [-0.1, -0.05) is 17.8 Å². The van der Waals surface area contributed by atoms with Gasteiger partial charge in [0.2, 0.25) is 0 Å². The molecule has 0 bridgehead atoms. The minimum atomic E-state index is -0.00985. The number of hydrogen-bond donors (Lipinski definition) is 1. The first-order chi connectivity index (χ1) is 11.8. The van der Waals surface area contributed by atoms with E-state index in [1.54, 1.807) is 18.0 Å². The molecule has 0 aliphatic carbocycles. The molecule has 0 saturated carbocycles. The van der Waals surface area contributed by atoms with Gasteiger partial charge < -0.3 is 14.8 Å². The Balaban J connectivity index is 1.41. The van der Waals surface area contributed by atoms with Crippen LogP contribution in [0.5, 0.6) is 0 Å². The summed E-state index contributed by atoms with van der Waals surface area (Å²) in [6.45, 7) is 2.28. The minimum Gasteiger partial charge on any atom is -0.332 e. The van der Waals surface area contributed by atoms with Crippen molar-refractivity contribution >= 4 is 17.8 Å². The first kappa shape index (κ1) is 15.5. The Morgan fingerprint density at radius 2 is 2.33 bits per heavy atom. The Morgan fingerprint density at radius 3 is 3.17 bits per heavy atom. The molecule has 2 aliphatic heterocycles. The number of imidazole rings is 1. The number of aromatic nitrogens is 3. The Kier molecular flexibility index (Phi) is 4.42. The molecule has 6 nitrogen and oxygen atoms in total. The Hall–Kier alpha value is -2.02. The van der Waals surface area contributed by atoms with Gasteiger partial charge in [0, 0.05) is 37.4 Å². The number of thioether (sulfide) groups is 1. The third kappa shape index (κ3) is 3.13. The molecule has 24 heavy (non-hydrogen) atoms. The molecule has 2 aliphatic rings. The average molecular weight is 343 g/mol. The number of amides is 2.